The summed E-state index contributed by atoms with van der Waals surface area (Å²) in [6.07, 6.45) is 1.25. The Bertz CT molecular complexity index is 193. The van der Waals surface area contributed by atoms with E-state index >= 15 is 0 Å². The van der Waals surface area contributed by atoms with Crippen LogP contribution < -0.4 is 0 Å². The first kappa shape index (κ1) is 26.8. The van der Waals surface area contributed by atoms with Crippen molar-refractivity contribution in [2.75, 3.05) is 0 Å². The molecule has 2 aliphatic rings. The van der Waals surface area contributed by atoms with Gasteiger partial charge in [-0.2, -0.15) is 0 Å². The zero-order valence-electron chi connectivity index (χ0n) is 18.9. The molecule has 0 heterocycles. The van der Waals surface area contributed by atoms with E-state index in [1.165, 1.54) is 6.42 Å². The Kier molecular flexibility index (Phi) is 13.5. The molecular formula is C23H48V. The van der Waals surface area contributed by atoms with Crippen LogP contribution in [0.15, 0.2) is 0 Å². The van der Waals surface area contributed by atoms with Crippen LogP contribution in [0.3, 0.4) is 0 Å². The molecule has 0 aliphatic heterocycles. The van der Waals surface area contributed by atoms with Gasteiger partial charge in [0.1, 0.15) is 0 Å². The fourth-order valence-electron chi connectivity index (χ4n) is 4.79. The van der Waals surface area contributed by atoms with Crippen molar-refractivity contribution in [2.24, 2.45) is 59.2 Å². The molecule has 0 amide bonds. The Hall–Kier alpha value is 0.584. The van der Waals surface area contributed by atoms with Crippen molar-refractivity contribution in [3.63, 3.8) is 0 Å². The number of hydrogen-bond donors (Lipinski definition) is 0. The molecule has 0 unspecified atom stereocenters. The van der Waals surface area contributed by atoms with Crippen molar-refractivity contribution in [1.82, 2.24) is 0 Å². The standard InChI is InChI=1S/2C10H20.C3H8.V/c2*1-6-7(2)9(4)10(5)8(6)3;1-3-2;/h2*6-10H,1-5H3;3H2,1-2H3;. The van der Waals surface area contributed by atoms with E-state index in [1.807, 2.05) is 0 Å². The summed E-state index contributed by atoms with van der Waals surface area (Å²) >= 11 is 0. The van der Waals surface area contributed by atoms with Crippen LogP contribution in [0, 0.1) is 59.2 Å². The molecule has 0 atom stereocenters. The third-order valence-corrected chi connectivity index (χ3v) is 8.29. The summed E-state index contributed by atoms with van der Waals surface area (Å²) in [6.45, 7) is 28.2. The molecular weight excluding hydrogens is 327 g/mol. The second kappa shape index (κ2) is 12.1. The van der Waals surface area contributed by atoms with Gasteiger partial charge in [0.05, 0.1) is 0 Å². The Morgan fingerprint density at radius 3 is 0.417 bits per heavy atom. The first-order chi connectivity index (χ1) is 10.5. The molecule has 1 radical (unpaired) electrons. The first-order valence-electron chi connectivity index (χ1n) is 10.5. The van der Waals surface area contributed by atoms with Gasteiger partial charge < -0.3 is 0 Å². The quantitative estimate of drug-likeness (QED) is 0.405. The van der Waals surface area contributed by atoms with Crippen molar-refractivity contribution in [3.8, 4) is 0 Å². The van der Waals surface area contributed by atoms with Crippen LogP contribution in [0.5, 0.6) is 0 Å². The van der Waals surface area contributed by atoms with Crippen LogP contribution in [0.2, 0.25) is 0 Å². The third kappa shape index (κ3) is 6.39. The fourth-order valence-corrected chi connectivity index (χ4v) is 4.79. The molecule has 0 N–H and O–H groups in total. The monoisotopic (exact) mass is 375 g/mol. The molecule has 2 aliphatic carbocycles. The van der Waals surface area contributed by atoms with Crippen molar-refractivity contribution in [3.05, 3.63) is 0 Å². The Balaban J connectivity index is 0. The topological polar surface area (TPSA) is 0 Å². The third-order valence-electron chi connectivity index (χ3n) is 8.29. The minimum Gasteiger partial charge on any atom is -0.0656 e. The minimum absolute atomic E-state index is 0. The average Bonchev–Trinajstić information content (AvgIpc) is 2.80. The molecule has 0 aromatic heterocycles. The van der Waals surface area contributed by atoms with Gasteiger partial charge >= 0.3 is 0 Å². The van der Waals surface area contributed by atoms with Crippen LogP contribution in [0.25, 0.3) is 0 Å². The van der Waals surface area contributed by atoms with Crippen LogP contribution >= 0.6 is 0 Å². The Labute approximate surface area is 167 Å². The smallest absolute Gasteiger partial charge is 0 e. The summed E-state index contributed by atoms with van der Waals surface area (Å²) in [5, 5.41) is 0. The molecule has 0 aromatic carbocycles. The second-order valence-electron chi connectivity index (χ2n) is 9.30. The fraction of sp³-hybridized carbons (Fsp3) is 1.00. The maximum Gasteiger partial charge on any atom is 0 e. The normalized spacial score (nSPS) is 47.0. The van der Waals surface area contributed by atoms with E-state index in [1.54, 1.807) is 0 Å². The van der Waals surface area contributed by atoms with E-state index in [2.05, 4.69) is 83.1 Å². The maximum atomic E-state index is 2.40. The zero-order valence-corrected chi connectivity index (χ0v) is 20.3. The maximum absolute atomic E-state index is 2.40. The molecule has 2 fully saturated rings. The SMILES string of the molecule is CC1C(C)C(C)C(C)C1C.CC1C(C)C(C)C(C)C1C.CCC.[V]. The van der Waals surface area contributed by atoms with Gasteiger partial charge in [-0.3, -0.25) is 0 Å². The van der Waals surface area contributed by atoms with E-state index < -0.39 is 0 Å². The van der Waals surface area contributed by atoms with E-state index in [0.29, 0.717) is 0 Å². The molecule has 0 bridgehead atoms. The molecule has 1 heteroatoms. The molecule has 145 valence electrons. The summed E-state index contributed by atoms with van der Waals surface area (Å²) < 4.78 is 0. The number of hydrogen-bond acceptors (Lipinski definition) is 0. The van der Waals surface area contributed by atoms with Gasteiger partial charge in [-0.15, -0.1) is 0 Å². The van der Waals surface area contributed by atoms with Crippen LogP contribution in [0.4, 0.5) is 0 Å². The van der Waals surface area contributed by atoms with E-state index in [4.69, 9.17) is 0 Å². The molecule has 2 rings (SSSR count). The predicted molar refractivity (Wildman–Crippen MR) is 108 cm³/mol. The average molecular weight is 376 g/mol. The van der Waals surface area contributed by atoms with Gasteiger partial charge in [-0.1, -0.05) is 89.5 Å². The zero-order chi connectivity index (χ0) is 18.5. The molecule has 2 saturated carbocycles. The second-order valence-corrected chi connectivity index (χ2v) is 9.30. The molecule has 24 heavy (non-hydrogen) atoms. The largest absolute Gasteiger partial charge is 0.0656 e. The molecule has 0 spiro atoms. The van der Waals surface area contributed by atoms with Gasteiger partial charge in [0, 0.05) is 18.6 Å². The first-order valence-corrected chi connectivity index (χ1v) is 10.5. The summed E-state index contributed by atoms with van der Waals surface area (Å²) in [7, 11) is 0. The van der Waals surface area contributed by atoms with Gasteiger partial charge in [-0.25, -0.2) is 0 Å². The Morgan fingerprint density at radius 2 is 0.375 bits per heavy atom. The van der Waals surface area contributed by atoms with Crippen molar-refractivity contribution in [2.45, 2.75) is 89.5 Å². The number of rotatable bonds is 0. The van der Waals surface area contributed by atoms with Gasteiger partial charge in [0.25, 0.3) is 0 Å². The predicted octanol–water partition coefficient (Wildman–Crippen LogP) is 7.77. The summed E-state index contributed by atoms with van der Waals surface area (Å²) in [5.41, 5.74) is 0. The van der Waals surface area contributed by atoms with E-state index in [0.717, 1.165) is 59.2 Å². The van der Waals surface area contributed by atoms with Crippen LogP contribution in [-0.4, -0.2) is 0 Å². The van der Waals surface area contributed by atoms with Crippen LogP contribution in [-0.2, 0) is 18.6 Å². The molecule has 0 nitrogen and oxygen atoms in total. The molecule has 0 saturated heterocycles. The van der Waals surface area contributed by atoms with Crippen molar-refractivity contribution < 1.29 is 18.6 Å². The van der Waals surface area contributed by atoms with E-state index in [-0.39, 0.29) is 18.6 Å². The van der Waals surface area contributed by atoms with Crippen molar-refractivity contribution in [1.29, 1.82) is 0 Å². The van der Waals surface area contributed by atoms with Crippen molar-refractivity contribution >= 4 is 0 Å². The summed E-state index contributed by atoms with van der Waals surface area (Å²) in [6, 6.07) is 0. The minimum atomic E-state index is 0. The van der Waals surface area contributed by atoms with E-state index in [9.17, 15) is 0 Å². The van der Waals surface area contributed by atoms with Crippen LogP contribution in [0.1, 0.15) is 89.5 Å². The summed E-state index contributed by atoms with van der Waals surface area (Å²) in [4.78, 5) is 0. The summed E-state index contributed by atoms with van der Waals surface area (Å²) in [5.74, 6) is 9.35. The van der Waals surface area contributed by atoms with Gasteiger partial charge in [0.15, 0.2) is 0 Å². The molecule has 0 aromatic rings. The van der Waals surface area contributed by atoms with Gasteiger partial charge in [0.2, 0.25) is 0 Å². The van der Waals surface area contributed by atoms with Gasteiger partial charge in [-0.05, 0) is 59.2 Å². The Morgan fingerprint density at radius 1 is 0.333 bits per heavy atom.